The third-order valence-corrected chi connectivity index (χ3v) is 8.51. The van der Waals surface area contributed by atoms with Gasteiger partial charge < -0.3 is 24.0 Å². The van der Waals surface area contributed by atoms with Crippen LogP contribution < -0.4 is 4.74 Å². The number of carbonyl (C=O) groups excluding carboxylic acids is 1. The van der Waals surface area contributed by atoms with Crippen molar-refractivity contribution < 1.29 is 28.6 Å². The molecule has 0 bridgehead atoms. The zero-order valence-electron chi connectivity index (χ0n) is 24.5. The lowest BCUT2D eigenvalue weighted by molar-refractivity contribution is -0.139. The molecular weight excluding hydrogens is 612 g/mol. The number of hydrogen-bond acceptors (Lipinski definition) is 6. The number of aromatic nitrogens is 4. The van der Waals surface area contributed by atoms with Gasteiger partial charge in [0.2, 0.25) is 0 Å². The fourth-order valence-electron chi connectivity index (χ4n) is 5.73. The number of imidazole rings is 1. The van der Waals surface area contributed by atoms with E-state index in [-0.39, 0.29) is 30.9 Å². The van der Waals surface area contributed by atoms with Crippen molar-refractivity contribution in [3.63, 3.8) is 0 Å². The van der Waals surface area contributed by atoms with Gasteiger partial charge in [0, 0.05) is 55.2 Å². The Morgan fingerprint density at radius 2 is 1.84 bits per heavy atom. The van der Waals surface area contributed by atoms with Crippen LogP contribution in [0.3, 0.4) is 0 Å². The Morgan fingerprint density at radius 1 is 1.14 bits per heavy atom. The van der Waals surface area contributed by atoms with Crippen molar-refractivity contribution >= 4 is 46.2 Å². The highest BCUT2D eigenvalue weighted by atomic mass is 35.5. The van der Waals surface area contributed by atoms with Gasteiger partial charge in [-0.1, -0.05) is 35.3 Å². The van der Waals surface area contributed by atoms with Gasteiger partial charge in [-0.05, 0) is 44.5 Å². The number of carboxylic acids is 1. The number of ether oxygens (including phenoxy) is 2. The molecule has 232 valence electrons. The van der Waals surface area contributed by atoms with Gasteiger partial charge in [-0.3, -0.25) is 4.68 Å². The van der Waals surface area contributed by atoms with Crippen LogP contribution in [-0.4, -0.2) is 72.4 Å². The molecule has 2 atom stereocenters. The van der Waals surface area contributed by atoms with Crippen LogP contribution in [0.5, 0.6) is 5.75 Å². The normalized spacial score (nSPS) is 18.0. The zero-order valence-corrected chi connectivity index (χ0v) is 26.0. The Bertz CT molecular complexity index is 1720. The standard InChI is InChI=1S/C31H32Cl2FN5O5/c1-31(2,3)44-30(42)37-10-8-20(9-11-37)43-19-6-4-17(5-7-19)21-13-23(32)22-15-39(36-26(22)25(21)33)28(29(40)41)27-24-12-18(34)14-38(24)16-35-27/h4-7,13,15-16,18,20,28H,8-12,14H2,1-3H3,(H,40,41)/t18-,28?/m1/s1. The topological polar surface area (TPSA) is 112 Å². The molecule has 4 heterocycles. The molecule has 0 spiro atoms. The van der Waals surface area contributed by atoms with Crippen molar-refractivity contribution in [1.82, 2.24) is 24.2 Å². The lowest BCUT2D eigenvalue weighted by Gasteiger charge is -2.33. The average Bonchev–Trinajstić information content (AvgIpc) is 3.66. The van der Waals surface area contributed by atoms with Crippen molar-refractivity contribution in [2.75, 3.05) is 13.1 Å². The monoisotopic (exact) mass is 643 g/mol. The van der Waals surface area contributed by atoms with E-state index >= 15 is 0 Å². The molecule has 1 saturated heterocycles. The van der Waals surface area contributed by atoms with E-state index in [1.165, 1.54) is 17.2 Å². The van der Waals surface area contributed by atoms with E-state index in [1.54, 1.807) is 15.5 Å². The number of amides is 1. The largest absolute Gasteiger partial charge is 0.490 e. The molecule has 2 aliphatic rings. The summed E-state index contributed by atoms with van der Waals surface area (Å²) in [6.45, 7) is 6.81. The molecule has 4 aromatic rings. The van der Waals surface area contributed by atoms with Crippen molar-refractivity contribution in [2.45, 2.75) is 70.5 Å². The van der Waals surface area contributed by atoms with Gasteiger partial charge in [-0.15, -0.1) is 0 Å². The van der Waals surface area contributed by atoms with Crippen LogP contribution in [0.15, 0.2) is 42.9 Å². The molecule has 44 heavy (non-hydrogen) atoms. The molecule has 1 fully saturated rings. The molecule has 0 radical (unpaired) electrons. The summed E-state index contributed by atoms with van der Waals surface area (Å²) < 4.78 is 28.6. The Kier molecular flexibility index (Phi) is 7.96. The molecule has 2 aromatic heterocycles. The quantitative estimate of drug-likeness (QED) is 0.253. The van der Waals surface area contributed by atoms with E-state index in [0.29, 0.717) is 63.9 Å². The smallest absolute Gasteiger partial charge is 0.410 e. The number of aliphatic carboxylic acids is 1. The summed E-state index contributed by atoms with van der Waals surface area (Å²) in [5.41, 5.74) is 1.99. The molecule has 1 unspecified atom stereocenters. The molecule has 1 amide bonds. The summed E-state index contributed by atoms with van der Waals surface area (Å²) in [7, 11) is 0. The summed E-state index contributed by atoms with van der Waals surface area (Å²) in [5.74, 6) is -0.496. The Balaban J connectivity index is 1.19. The molecule has 2 aromatic carbocycles. The Labute approximate surface area is 263 Å². The molecule has 13 heteroatoms. The predicted molar refractivity (Wildman–Crippen MR) is 163 cm³/mol. The second-order valence-electron chi connectivity index (χ2n) is 12.2. The van der Waals surface area contributed by atoms with Crippen molar-refractivity contribution in [2.24, 2.45) is 0 Å². The van der Waals surface area contributed by atoms with E-state index in [9.17, 15) is 19.1 Å². The lowest BCUT2D eigenvalue weighted by Crippen LogP contribution is -2.44. The third kappa shape index (κ3) is 5.95. The number of likely N-dealkylation sites (tertiary alicyclic amines) is 1. The summed E-state index contributed by atoms with van der Waals surface area (Å²) in [6, 6.07) is 7.88. The molecule has 10 nitrogen and oxygen atoms in total. The first-order valence-electron chi connectivity index (χ1n) is 14.4. The second kappa shape index (κ2) is 11.6. The fraction of sp³-hybridized carbons (Fsp3) is 0.419. The number of carbonyl (C=O) groups is 2. The molecule has 6 rings (SSSR count). The number of nitrogens with zero attached hydrogens (tertiary/aromatic N) is 5. The first-order chi connectivity index (χ1) is 20.9. The van der Waals surface area contributed by atoms with E-state index in [1.807, 2.05) is 45.0 Å². The minimum atomic E-state index is -1.27. The zero-order chi connectivity index (χ0) is 31.3. The van der Waals surface area contributed by atoms with Gasteiger partial charge in [0.1, 0.15) is 29.1 Å². The maximum Gasteiger partial charge on any atom is 0.410 e. The Morgan fingerprint density at radius 3 is 2.50 bits per heavy atom. The SMILES string of the molecule is CC(C)(C)OC(=O)N1CCC(Oc2ccc(-c3cc(Cl)c4cn(C(C(=O)O)c5ncn6c5C[C@@H](F)C6)nc4c3Cl)cc2)CC1. The number of benzene rings is 2. The molecular formula is C31H32Cl2FN5O5. The van der Waals surface area contributed by atoms with Gasteiger partial charge in [-0.2, -0.15) is 5.10 Å². The van der Waals surface area contributed by atoms with E-state index in [2.05, 4.69) is 10.1 Å². The molecule has 0 saturated carbocycles. The highest BCUT2D eigenvalue weighted by Crippen LogP contribution is 2.40. The number of halogens is 3. The molecule has 0 aliphatic carbocycles. The maximum atomic E-state index is 14.0. The predicted octanol–water partition coefficient (Wildman–Crippen LogP) is 6.55. The summed E-state index contributed by atoms with van der Waals surface area (Å²) >= 11 is 13.5. The lowest BCUT2D eigenvalue weighted by atomic mass is 10.0. The van der Waals surface area contributed by atoms with Crippen LogP contribution in [0, 0.1) is 0 Å². The van der Waals surface area contributed by atoms with Crippen molar-refractivity contribution in [3.05, 3.63) is 64.3 Å². The minimum Gasteiger partial charge on any atom is -0.490 e. The summed E-state index contributed by atoms with van der Waals surface area (Å²) in [6.07, 6.45) is 3.04. The average molecular weight is 645 g/mol. The van der Waals surface area contributed by atoms with Gasteiger partial charge >= 0.3 is 12.1 Å². The van der Waals surface area contributed by atoms with Crippen LogP contribution >= 0.6 is 23.2 Å². The van der Waals surface area contributed by atoms with Crippen LogP contribution in [-0.2, 0) is 22.5 Å². The fourth-order valence-corrected chi connectivity index (χ4v) is 6.28. The second-order valence-corrected chi connectivity index (χ2v) is 13.0. The van der Waals surface area contributed by atoms with Crippen LogP contribution in [0.1, 0.15) is 51.0 Å². The van der Waals surface area contributed by atoms with E-state index < -0.39 is 23.8 Å². The first-order valence-corrected chi connectivity index (χ1v) is 15.2. The van der Waals surface area contributed by atoms with Crippen LogP contribution in [0.4, 0.5) is 9.18 Å². The van der Waals surface area contributed by atoms with Crippen LogP contribution in [0.25, 0.3) is 22.0 Å². The van der Waals surface area contributed by atoms with Crippen molar-refractivity contribution in [1.29, 1.82) is 0 Å². The van der Waals surface area contributed by atoms with Crippen molar-refractivity contribution in [3.8, 4) is 16.9 Å². The number of carboxylic acid groups (broad SMARTS) is 1. The first kappa shape index (κ1) is 30.2. The number of rotatable bonds is 6. The highest BCUT2D eigenvalue weighted by Gasteiger charge is 2.34. The number of fused-ring (bicyclic) bond motifs is 2. The molecule has 1 N–H and O–H groups in total. The minimum absolute atomic E-state index is 0.0348. The summed E-state index contributed by atoms with van der Waals surface area (Å²) in [4.78, 5) is 30.7. The molecule has 2 aliphatic heterocycles. The number of piperidine rings is 1. The number of hydrogen-bond donors (Lipinski definition) is 1. The number of alkyl halides is 1. The summed E-state index contributed by atoms with van der Waals surface area (Å²) in [5, 5.41) is 15.8. The van der Waals surface area contributed by atoms with Gasteiger partial charge in [0.15, 0.2) is 6.04 Å². The van der Waals surface area contributed by atoms with E-state index in [0.717, 1.165) is 5.56 Å². The van der Waals surface area contributed by atoms with Crippen LogP contribution in [0.2, 0.25) is 10.0 Å². The van der Waals surface area contributed by atoms with Gasteiger partial charge in [0.05, 0.1) is 28.6 Å². The Hall–Kier alpha value is -3.83. The van der Waals surface area contributed by atoms with Gasteiger partial charge in [-0.25, -0.2) is 19.0 Å². The maximum absolute atomic E-state index is 14.0. The highest BCUT2D eigenvalue weighted by molar-refractivity contribution is 6.42. The third-order valence-electron chi connectivity index (χ3n) is 7.81. The van der Waals surface area contributed by atoms with Gasteiger partial charge in [0.25, 0.3) is 0 Å². The van der Waals surface area contributed by atoms with E-state index in [4.69, 9.17) is 32.7 Å².